The molecule has 0 spiro atoms. The number of H-pyrrole nitrogens is 1. The number of rotatable bonds is 12. The highest BCUT2D eigenvalue weighted by atomic mass is 35.5. The maximum Gasteiger partial charge on any atom is 0.277 e. The number of ether oxygens (including phenoxy) is 2. The van der Waals surface area contributed by atoms with Crippen LogP contribution in [0.2, 0.25) is 5.02 Å². The van der Waals surface area contributed by atoms with E-state index in [2.05, 4.69) is 55.4 Å². The molecule has 15 nitrogen and oxygen atoms in total. The number of sulfonamides is 1. The third-order valence-corrected chi connectivity index (χ3v) is 15.2. The lowest BCUT2D eigenvalue weighted by Crippen LogP contribution is -2.47. The average Bonchev–Trinajstić information content (AvgIpc) is 3.76. The minimum Gasteiger partial charge on any atom is -0.493 e. The third kappa shape index (κ3) is 10.2. The Labute approximate surface area is 389 Å². The van der Waals surface area contributed by atoms with Gasteiger partial charge in [0, 0.05) is 98.8 Å². The van der Waals surface area contributed by atoms with E-state index in [1.165, 1.54) is 29.0 Å². The normalized spacial score (nSPS) is 20.1. The van der Waals surface area contributed by atoms with Crippen molar-refractivity contribution in [2.75, 3.05) is 63.9 Å². The Hall–Kier alpha value is -5.52. The van der Waals surface area contributed by atoms with Crippen LogP contribution in [0.25, 0.3) is 16.6 Å². The zero-order valence-electron chi connectivity index (χ0n) is 37.5. The van der Waals surface area contributed by atoms with Crippen molar-refractivity contribution in [3.05, 3.63) is 117 Å². The molecule has 2 aromatic heterocycles. The van der Waals surface area contributed by atoms with Gasteiger partial charge in [0.05, 0.1) is 39.4 Å². The van der Waals surface area contributed by atoms with E-state index < -0.39 is 37.0 Å². The van der Waals surface area contributed by atoms with Crippen LogP contribution in [0.15, 0.2) is 89.6 Å². The van der Waals surface area contributed by atoms with Crippen molar-refractivity contribution < 1.29 is 32.7 Å². The monoisotopic (exact) mass is 937 g/mol. The molecule has 5 heterocycles. The molecule has 3 aromatic carbocycles. The fraction of sp³-hybridized carbons (Fsp3) is 0.429. The molecule has 0 unspecified atom stereocenters. The Morgan fingerprint density at radius 3 is 2.50 bits per heavy atom. The summed E-state index contributed by atoms with van der Waals surface area (Å²) >= 11 is 6.25. The van der Waals surface area contributed by atoms with Gasteiger partial charge in [-0.05, 0) is 98.4 Å². The lowest BCUT2D eigenvalue weighted by atomic mass is 9.72. The SMILES string of the molecule is CC1(C)CCC(CN2CCN(c3ccc(C(=O)NS(=O)(=O)c4cc5c(c([N+](=O)[O-])c4)C[C@@H](CN4CCC(C)(O)CC4)CO5)c(Oc4cnc5[nH]ccc5c4)c3)CC2)=C(c2ccc(Cl)cc2)C1. The van der Waals surface area contributed by atoms with Gasteiger partial charge < -0.3 is 29.4 Å². The number of aliphatic hydroxyl groups is 1. The van der Waals surface area contributed by atoms with Gasteiger partial charge in [-0.2, -0.15) is 0 Å². The second kappa shape index (κ2) is 18.3. The summed E-state index contributed by atoms with van der Waals surface area (Å²) < 4.78 is 42.4. The molecule has 1 aliphatic carbocycles. The van der Waals surface area contributed by atoms with Crippen LogP contribution >= 0.6 is 11.6 Å². The van der Waals surface area contributed by atoms with Crippen molar-refractivity contribution in [2.45, 2.75) is 69.8 Å². The van der Waals surface area contributed by atoms with Gasteiger partial charge in [-0.3, -0.25) is 19.8 Å². The second-order valence-corrected chi connectivity index (χ2v) is 21.5. The van der Waals surface area contributed by atoms with E-state index >= 15 is 0 Å². The fourth-order valence-electron chi connectivity index (χ4n) is 9.73. The van der Waals surface area contributed by atoms with Gasteiger partial charge >= 0.3 is 0 Å². The van der Waals surface area contributed by atoms with Crippen LogP contribution in [-0.2, 0) is 16.4 Å². The molecule has 2 fully saturated rings. The summed E-state index contributed by atoms with van der Waals surface area (Å²) in [5.41, 5.74) is 4.92. The number of hydrogen-bond acceptors (Lipinski definition) is 12. The standard InChI is InChI=1S/C49H56ClN7O8S/c1-48(2)12-10-35(42(27-48)33-4-6-36(50)7-5-33)30-55-18-20-56(21-19-55)37-8-9-40(45(24-37)65-38-23-34-11-15-51-46(34)52-28-38)47(58)53-66(62,63)39-25-43(57(60)61)41-22-32(31-64-44(41)26-39)29-54-16-13-49(3,59)14-17-54/h4-9,11,15,23-26,28,32,59H,10,12-14,16-22,27,29-31H2,1-3H3,(H,51,52)(H,53,58)/t32-/m0/s1. The van der Waals surface area contributed by atoms with Crippen LogP contribution in [0.5, 0.6) is 17.2 Å². The lowest BCUT2D eigenvalue weighted by Gasteiger charge is -2.39. The van der Waals surface area contributed by atoms with E-state index in [0.717, 1.165) is 61.1 Å². The quantitative estimate of drug-likeness (QED) is 0.0806. The largest absolute Gasteiger partial charge is 0.493 e. The minimum absolute atomic E-state index is 0.0530. The molecule has 17 heteroatoms. The lowest BCUT2D eigenvalue weighted by molar-refractivity contribution is -0.386. The summed E-state index contributed by atoms with van der Waals surface area (Å²) in [6.45, 7) is 12.7. The first kappa shape index (κ1) is 45.6. The van der Waals surface area contributed by atoms with Crippen LogP contribution in [0.3, 0.4) is 0 Å². The van der Waals surface area contributed by atoms with Gasteiger partial charge in [-0.25, -0.2) is 18.1 Å². The number of nitrogens with zero attached hydrogens (tertiary/aromatic N) is 5. The number of nitrogens with one attached hydrogen (secondary N) is 2. The molecule has 5 aromatic rings. The molecule has 1 amide bonds. The van der Waals surface area contributed by atoms with E-state index in [0.29, 0.717) is 68.9 Å². The average molecular weight is 939 g/mol. The zero-order chi connectivity index (χ0) is 46.4. The maximum absolute atomic E-state index is 14.1. The number of carbonyl (C=O) groups is 1. The highest BCUT2D eigenvalue weighted by Crippen LogP contribution is 2.44. The molecule has 66 heavy (non-hydrogen) atoms. The van der Waals surface area contributed by atoms with Crippen LogP contribution < -0.4 is 19.1 Å². The molecule has 9 rings (SSSR count). The number of benzene rings is 3. The number of allylic oxidation sites excluding steroid dienone is 1. The van der Waals surface area contributed by atoms with E-state index in [1.54, 1.807) is 30.5 Å². The van der Waals surface area contributed by atoms with Gasteiger partial charge in [0.15, 0.2) is 0 Å². The maximum atomic E-state index is 14.1. The predicted octanol–water partition coefficient (Wildman–Crippen LogP) is 8.22. The second-order valence-electron chi connectivity index (χ2n) is 19.4. The number of carbonyl (C=O) groups excluding carboxylic acids is 1. The van der Waals surface area contributed by atoms with Crippen molar-refractivity contribution in [1.29, 1.82) is 0 Å². The summed E-state index contributed by atoms with van der Waals surface area (Å²) in [6, 6.07) is 19.1. The van der Waals surface area contributed by atoms with Crippen LogP contribution in [-0.4, -0.2) is 109 Å². The first-order chi connectivity index (χ1) is 31.5. The summed E-state index contributed by atoms with van der Waals surface area (Å²) in [4.78, 5) is 39.8. The molecule has 0 saturated carbocycles. The Morgan fingerprint density at radius 2 is 1.76 bits per heavy atom. The zero-order valence-corrected chi connectivity index (χ0v) is 39.1. The van der Waals surface area contributed by atoms with E-state index in [9.17, 15) is 28.4 Å². The van der Waals surface area contributed by atoms with Crippen LogP contribution in [0.1, 0.15) is 74.4 Å². The Kier molecular flexibility index (Phi) is 12.6. The van der Waals surface area contributed by atoms with Crippen molar-refractivity contribution in [1.82, 2.24) is 24.5 Å². The number of aromatic amines is 1. The highest BCUT2D eigenvalue weighted by molar-refractivity contribution is 7.90. The molecule has 0 bridgehead atoms. The first-order valence-corrected chi connectivity index (χ1v) is 24.5. The van der Waals surface area contributed by atoms with Crippen molar-refractivity contribution in [2.24, 2.45) is 11.3 Å². The molecule has 348 valence electrons. The summed E-state index contributed by atoms with van der Waals surface area (Å²) in [5.74, 6) is -0.489. The Balaban J connectivity index is 0.929. The summed E-state index contributed by atoms with van der Waals surface area (Å²) in [6.07, 6.45) is 8.04. The Bertz CT molecular complexity index is 2790. The minimum atomic E-state index is -4.65. The number of fused-ring (bicyclic) bond motifs is 2. The molecular weight excluding hydrogens is 882 g/mol. The molecule has 2 saturated heterocycles. The van der Waals surface area contributed by atoms with Gasteiger partial charge in [-0.15, -0.1) is 0 Å². The van der Waals surface area contributed by atoms with Gasteiger partial charge in [0.2, 0.25) is 0 Å². The molecule has 4 aliphatic rings. The first-order valence-electron chi connectivity index (χ1n) is 22.6. The van der Waals surface area contributed by atoms with E-state index in [4.69, 9.17) is 21.1 Å². The number of hydrogen-bond donors (Lipinski definition) is 3. The van der Waals surface area contributed by atoms with Crippen LogP contribution in [0, 0.1) is 21.4 Å². The fourth-order valence-corrected chi connectivity index (χ4v) is 10.9. The molecular formula is C49H56ClN7O8S. The van der Waals surface area contributed by atoms with E-state index in [-0.39, 0.29) is 35.0 Å². The summed E-state index contributed by atoms with van der Waals surface area (Å²) in [5, 5.41) is 24.3. The van der Waals surface area contributed by atoms with Gasteiger partial charge in [0.25, 0.3) is 21.6 Å². The highest BCUT2D eigenvalue weighted by Gasteiger charge is 2.35. The number of amides is 1. The topological polar surface area (TPSA) is 183 Å². The number of aromatic nitrogens is 2. The number of pyridine rings is 1. The number of nitro groups is 1. The van der Waals surface area contributed by atoms with Crippen molar-refractivity contribution in [3.8, 4) is 17.2 Å². The number of piperazine rings is 1. The van der Waals surface area contributed by atoms with Gasteiger partial charge in [-0.1, -0.05) is 43.2 Å². The van der Waals surface area contributed by atoms with Crippen molar-refractivity contribution >= 4 is 55.5 Å². The molecule has 3 aliphatic heterocycles. The third-order valence-electron chi connectivity index (χ3n) is 13.7. The summed E-state index contributed by atoms with van der Waals surface area (Å²) in [7, 11) is -4.65. The van der Waals surface area contributed by atoms with Crippen molar-refractivity contribution in [3.63, 3.8) is 0 Å². The van der Waals surface area contributed by atoms with Crippen LogP contribution in [0.4, 0.5) is 11.4 Å². The number of anilines is 1. The predicted molar refractivity (Wildman–Crippen MR) is 254 cm³/mol. The Morgan fingerprint density at radius 1 is 1.00 bits per heavy atom. The number of likely N-dealkylation sites (tertiary alicyclic amines) is 1. The molecule has 3 N–H and O–H groups in total. The number of nitro benzene ring substituents is 1. The smallest absolute Gasteiger partial charge is 0.277 e. The number of halogens is 1. The molecule has 0 radical (unpaired) electrons. The van der Waals surface area contributed by atoms with E-state index in [1.807, 2.05) is 25.1 Å². The number of piperidine rings is 1. The molecule has 1 atom stereocenters. The van der Waals surface area contributed by atoms with Gasteiger partial charge in [0.1, 0.15) is 22.9 Å².